The minimum Gasteiger partial charge on any atom is -0.494 e. The lowest BCUT2D eigenvalue weighted by molar-refractivity contribution is -0.142. The van der Waals surface area contributed by atoms with Gasteiger partial charge < -0.3 is 15.0 Å². The van der Waals surface area contributed by atoms with Gasteiger partial charge in [-0.05, 0) is 56.9 Å². The Morgan fingerprint density at radius 2 is 1.67 bits per heavy atom. The zero-order valence-electron chi connectivity index (χ0n) is 14.9. The lowest BCUT2D eigenvalue weighted by atomic mass is 10.0. The zero-order chi connectivity index (χ0) is 17.6. The molecule has 5 nitrogen and oxygen atoms in total. The van der Waals surface area contributed by atoms with E-state index in [1.54, 1.807) is 12.1 Å². The number of nitrogens with one attached hydrogen (secondary N) is 1. The summed E-state index contributed by atoms with van der Waals surface area (Å²) in [4.78, 5) is 27.3. The molecule has 0 atom stereocenters. The van der Waals surface area contributed by atoms with Crippen LogP contribution in [0.4, 0.5) is 5.69 Å². The van der Waals surface area contributed by atoms with Gasteiger partial charge in [-0.15, -0.1) is 0 Å². The normalized spacial score (nSPS) is 14.8. The van der Waals surface area contributed by atoms with Crippen molar-refractivity contribution in [3.05, 3.63) is 24.3 Å². The number of hydrogen-bond acceptors (Lipinski definition) is 3. The number of benzene rings is 1. The molecule has 2 rings (SSSR count). The van der Waals surface area contributed by atoms with Crippen molar-refractivity contribution in [1.29, 1.82) is 0 Å². The Balaban J connectivity index is 2.03. The minimum absolute atomic E-state index is 0.0189. The average molecular weight is 332 g/mol. The molecule has 0 saturated heterocycles. The quantitative estimate of drug-likeness (QED) is 0.705. The van der Waals surface area contributed by atoms with E-state index in [0.29, 0.717) is 38.2 Å². The maximum absolute atomic E-state index is 12.8. The van der Waals surface area contributed by atoms with Crippen LogP contribution in [0.5, 0.6) is 5.75 Å². The lowest BCUT2D eigenvalue weighted by Gasteiger charge is -2.26. The van der Waals surface area contributed by atoms with Crippen LogP contribution < -0.4 is 10.1 Å². The molecule has 1 aliphatic carbocycles. The van der Waals surface area contributed by atoms with Gasteiger partial charge in [0.05, 0.1) is 6.61 Å². The molecule has 132 valence electrons. The predicted molar refractivity (Wildman–Crippen MR) is 95.1 cm³/mol. The molecule has 1 aliphatic rings. The summed E-state index contributed by atoms with van der Waals surface area (Å²) in [7, 11) is 0. The van der Waals surface area contributed by atoms with Crippen LogP contribution in [0.3, 0.4) is 0 Å². The van der Waals surface area contributed by atoms with Crippen LogP contribution in [-0.4, -0.2) is 36.4 Å². The first-order valence-corrected chi connectivity index (χ1v) is 8.91. The second kappa shape index (κ2) is 8.18. The van der Waals surface area contributed by atoms with Gasteiger partial charge in [0.2, 0.25) is 11.8 Å². The van der Waals surface area contributed by atoms with Gasteiger partial charge in [-0.2, -0.15) is 0 Å². The number of amides is 2. The lowest BCUT2D eigenvalue weighted by Crippen LogP contribution is -2.43. The summed E-state index contributed by atoms with van der Waals surface area (Å²) in [5.41, 5.74) is -0.164. The van der Waals surface area contributed by atoms with Gasteiger partial charge in [0, 0.05) is 18.8 Å². The SMILES string of the molecule is CCCN(CCC)C(=O)C1(C(=O)Nc2ccc(OCC)cc2)CC1. The van der Waals surface area contributed by atoms with Gasteiger partial charge in [-0.1, -0.05) is 13.8 Å². The van der Waals surface area contributed by atoms with E-state index in [2.05, 4.69) is 19.2 Å². The topological polar surface area (TPSA) is 58.6 Å². The number of nitrogens with zero attached hydrogens (tertiary/aromatic N) is 1. The second-order valence-electron chi connectivity index (χ2n) is 6.29. The third-order valence-electron chi connectivity index (χ3n) is 4.29. The highest BCUT2D eigenvalue weighted by molar-refractivity contribution is 6.13. The second-order valence-corrected chi connectivity index (χ2v) is 6.29. The molecule has 0 radical (unpaired) electrons. The Morgan fingerprint density at radius 1 is 1.08 bits per heavy atom. The number of rotatable bonds is 9. The third-order valence-corrected chi connectivity index (χ3v) is 4.29. The van der Waals surface area contributed by atoms with Gasteiger partial charge >= 0.3 is 0 Å². The van der Waals surface area contributed by atoms with E-state index < -0.39 is 5.41 Å². The van der Waals surface area contributed by atoms with Crippen molar-refractivity contribution in [3.8, 4) is 5.75 Å². The molecule has 2 amide bonds. The molecule has 5 heteroatoms. The van der Waals surface area contributed by atoms with Crippen LogP contribution in [0.2, 0.25) is 0 Å². The summed E-state index contributed by atoms with van der Waals surface area (Å²) in [5.74, 6) is 0.563. The molecule has 0 aromatic heterocycles. The van der Waals surface area contributed by atoms with E-state index in [4.69, 9.17) is 4.74 Å². The summed E-state index contributed by atoms with van der Waals surface area (Å²) in [6.07, 6.45) is 3.09. The van der Waals surface area contributed by atoms with Crippen molar-refractivity contribution in [2.24, 2.45) is 5.41 Å². The van der Waals surface area contributed by atoms with Crippen molar-refractivity contribution in [2.45, 2.75) is 46.5 Å². The third kappa shape index (κ3) is 4.08. The van der Waals surface area contributed by atoms with E-state index in [0.717, 1.165) is 18.6 Å². The average Bonchev–Trinajstić information content (AvgIpc) is 3.38. The molecule has 1 aromatic rings. The number of hydrogen-bond donors (Lipinski definition) is 1. The maximum Gasteiger partial charge on any atom is 0.240 e. The highest BCUT2D eigenvalue weighted by Gasteiger charge is 2.57. The number of anilines is 1. The van der Waals surface area contributed by atoms with Crippen molar-refractivity contribution in [3.63, 3.8) is 0 Å². The summed E-state index contributed by atoms with van der Waals surface area (Å²) in [5, 5.41) is 2.89. The molecule has 24 heavy (non-hydrogen) atoms. The summed E-state index contributed by atoms with van der Waals surface area (Å²) >= 11 is 0. The van der Waals surface area contributed by atoms with Gasteiger partial charge in [0.15, 0.2) is 0 Å². The molecule has 1 saturated carbocycles. The maximum atomic E-state index is 12.8. The number of ether oxygens (including phenoxy) is 1. The Hall–Kier alpha value is -2.04. The van der Waals surface area contributed by atoms with E-state index in [9.17, 15) is 9.59 Å². The van der Waals surface area contributed by atoms with Crippen LogP contribution in [0.15, 0.2) is 24.3 Å². The Morgan fingerprint density at radius 3 is 2.12 bits per heavy atom. The first-order valence-electron chi connectivity index (χ1n) is 8.91. The van der Waals surface area contributed by atoms with Gasteiger partial charge in [-0.25, -0.2) is 0 Å². The highest BCUT2D eigenvalue weighted by atomic mass is 16.5. The first kappa shape index (κ1) is 18.3. The Labute approximate surface area is 144 Å². The fourth-order valence-corrected chi connectivity index (χ4v) is 2.87. The van der Waals surface area contributed by atoms with Crippen LogP contribution in [0.25, 0.3) is 0 Å². The Kier molecular flexibility index (Phi) is 6.23. The molecule has 0 spiro atoms. The fourth-order valence-electron chi connectivity index (χ4n) is 2.87. The molecular weight excluding hydrogens is 304 g/mol. The van der Waals surface area contributed by atoms with Crippen molar-refractivity contribution < 1.29 is 14.3 Å². The summed E-state index contributed by atoms with van der Waals surface area (Å²) in [6.45, 7) is 8.06. The Bertz CT molecular complexity index is 558. The molecule has 1 aromatic carbocycles. The van der Waals surface area contributed by atoms with E-state index in [1.807, 2.05) is 24.0 Å². The van der Waals surface area contributed by atoms with Crippen molar-refractivity contribution >= 4 is 17.5 Å². The highest BCUT2D eigenvalue weighted by Crippen LogP contribution is 2.48. The van der Waals surface area contributed by atoms with Gasteiger partial charge in [0.25, 0.3) is 0 Å². The van der Waals surface area contributed by atoms with Crippen LogP contribution in [0, 0.1) is 5.41 Å². The molecule has 0 unspecified atom stereocenters. The van der Waals surface area contributed by atoms with Gasteiger partial charge in [-0.3, -0.25) is 9.59 Å². The largest absolute Gasteiger partial charge is 0.494 e. The van der Waals surface area contributed by atoms with E-state index >= 15 is 0 Å². The van der Waals surface area contributed by atoms with Crippen LogP contribution in [-0.2, 0) is 9.59 Å². The van der Waals surface area contributed by atoms with E-state index in [1.165, 1.54) is 0 Å². The smallest absolute Gasteiger partial charge is 0.240 e. The first-order chi connectivity index (χ1) is 11.6. The zero-order valence-corrected chi connectivity index (χ0v) is 14.9. The minimum atomic E-state index is -0.858. The number of carbonyl (C=O) groups excluding carboxylic acids is 2. The standard InChI is InChI=1S/C19H28N2O3/c1-4-13-21(14-5-2)18(23)19(11-12-19)17(22)20-15-7-9-16(10-8-15)24-6-3/h7-10H,4-6,11-14H2,1-3H3,(H,20,22). The summed E-state index contributed by atoms with van der Waals surface area (Å²) in [6, 6.07) is 7.25. The van der Waals surface area contributed by atoms with Crippen LogP contribution >= 0.6 is 0 Å². The van der Waals surface area contributed by atoms with Crippen molar-refractivity contribution in [1.82, 2.24) is 4.90 Å². The fraction of sp³-hybridized carbons (Fsp3) is 0.579. The van der Waals surface area contributed by atoms with Crippen LogP contribution in [0.1, 0.15) is 46.5 Å². The summed E-state index contributed by atoms with van der Waals surface area (Å²) < 4.78 is 5.40. The van der Waals surface area contributed by atoms with Crippen molar-refractivity contribution in [2.75, 3.05) is 25.0 Å². The molecule has 1 N–H and O–H groups in total. The molecule has 1 fully saturated rings. The number of carbonyl (C=O) groups is 2. The molecule has 0 heterocycles. The predicted octanol–water partition coefficient (Wildman–Crippen LogP) is 3.45. The van der Waals surface area contributed by atoms with E-state index in [-0.39, 0.29) is 11.8 Å². The monoisotopic (exact) mass is 332 g/mol. The van der Waals surface area contributed by atoms with Gasteiger partial charge in [0.1, 0.15) is 11.2 Å². The molecule has 0 aliphatic heterocycles. The molecular formula is C19H28N2O3. The molecule has 0 bridgehead atoms.